The van der Waals surface area contributed by atoms with Crippen molar-refractivity contribution in [2.75, 3.05) is 4.90 Å². The first-order chi connectivity index (χ1) is 16.6. The number of amides is 1. The van der Waals surface area contributed by atoms with E-state index in [9.17, 15) is 18.0 Å². The maximum atomic E-state index is 13.5. The van der Waals surface area contributed by atoms with Gasteiger partial charge in [-0.05, 0) is 24.1 Å². The number of primary amides is 1. The molecule has 0 bridgehead atoms. The van der Waals surface area contributed by atoms with Gasteiger partial charge in [-0.15, -0.1) is 0 Å². The molecule has 0 aliphatic carbocycles. The highest BCUT2D eigenvalue weighted by atomic mass is 35.5. The van der Waals surface area contributed by atoms with E-state index in [0.29, 0.717) is 5.71 Å². The van der Waals surface area contributed by atoms with E-state index in [4.69, 9.17) is 22.3 Å². The topological polar surface area (TPSA) is 71.6 Å². The van der Waals surface area contributed by atoms with Crippen LogP contribution in [0.2, 0.25) is 5.02 Å². The summed E-state index contributed by atoms with van der Waals surface area (Å²) < 4.78 is 40.4. The Morgan fingerprint density at radius 2 is 1.69 bits per heavy atom. The molecule has 1 amide bonds. The van der Waals surface area contributed by atoms with Crippen LogP contribution in [0, 0.1) is 0 Å². The minimum absolute atomic E-state index is 0.0269. The first-order valence-corrected chi connectivity index (χ1v) is 11.7. The number of alkyl halides is 3. The van der Waals surface area contributed by atoms with Crippen molar-refractivity contribution in [3.05, 3.63) is 106 Å². The van der Waals surface area contributed by atoms with Gasteiger partial charge in [0.05, 0.1) is 21.5 Å². The molecule has 5 nitrogen and oxygen atoms in total. The SMILES string of the molecule is C/C(=N\C(c1ccccc1)c1ccccc1)C1SC(C(N)=O)=CN1c1cc(C(F)(F)F)c(Cl)cn1. The van der Waals surface area contributed by atoms with Crippen LogP contribution in [0.3, 0.4) is 0 Å². The van der Waals surface area contributed by atoms with Crippen molar-refractivity contribution in [1.29, 1.82) is 0 Å². The molecule has 4 rings (SSSR count). The zero-order valence-electron chi connectivity index (χ0n) is 18.4. The van der Waals surface area contributed by atoms with Crippen molar-refractivity contribution in [3.63, 3.8) is 0 Å². The smallest absolute Gasteiger partial charge is 0.365 e. The largest absolute Gasteiger partial charge is 0.418 e. The molecule has 0 radical (unpaired) electrons. The Hall–Kier alpha value is -3.30. The number of nitrogens with two attached hydrogens (primary N) is 1. The van der Waals surface area contributed by atoms with Gasteiger partial charge in [0.25, 0.3) is 5.91 Å². The van der Waals surface area contributed by atoms with Crippen LogP contribution in [0.1, 0.15) is 29.7 Å². The average molecular weight is 517 g/mol. The summed E-state index contributed by atoms with van der Waals surface area (Å²) >= 11 is 6.86. The van der Waals surface area contributed by atoms with Crippen LogP contribution in [0.4, 0.5) is 19.0 Å². The van der Waals surface area contributed by atoms with Crippen LogP contribution in [0.25, 0.3) is 0 Å². The number of anilines is 1. The normalized spacial score (nSPS) is 16.5. The molecule has 2 aromatic carbocycles. The minimum atomic E-state index is -4.66. The summed E-state index contributed by atoms with van der Waals surface area (Å²) in [7, 11) is 0. The summed E-state index contributed by atoms with van der Waals surface area (Å²) in [6.45, 7) is 1.77. The van der Waals surface area contributed by atoms with Crippen LogP contribution in [-0.4, -0.2) is 22.0 Å². The number of carbonyl (C=O) groups is 1. The van der Waals surface area contributed by atoms with Gasteiger partial charge in [-0.25, -0.2) is 4.98 Å². The van der Waals surface area contributed by atoms with Crippen molar-refractivity contribution in [1.82, 2.24) is 4.98 Å². The van der Waals surface area contributed by atoms with Gasteiger partial charge in [0, 0.05) is 18.1 Å². The van der Waals surface area contributed by atoms with Gasteiger partial charge < -0.3 is 10.6 Å². The lowest BCUT2D eigenvalue weighted by Crippen LogP contribution is -2.32. The Labute approximate surface area is 209 Å². The van der Waals surface area contributed by atoms with Gasteiger partial charge in [0.15, 0.2) is 0 Å². The number of halogens is 4. The number of pyridine rings is 1. The number of thioether (sulfide) groups is 1. The number of hydrogen-bond acceptors (Lipinski definition) is 5. The van der Waals surface area contributed by atoms with E-state index in [-0.39, 0.29) is 16.8 Å². The second-order valence-electron chi connectivity index (χ2n) is 7.75. The quantitative estimate of drug-likeness (QED) is 0.395. The summed E-state index contributed by atoms with van der Waals surface area (Å²) in [6.07, 6.45) is -2.32. The lowest BCUT2D eigenvalue weighted by Gasteiger charge is -2.26. The molecular formula is C25H20ClF3N4OS. The number of aliphatic imine (C=N–C) groups is 1. The van der Waals surface area contributed by atoms with Crippen molar-refractivity contribution < 1.29 is 18.0 Å². The van der Waals surface area contributed by atoms with Crippen molar-refractivity contribution in [2.24, 2.45) is 10.7 Å². The standard InChI is InChI=1S/C25H20ClF3N4OS/c1-15(32-22(16-8-4-2-5-9-16)17-10-6-3-7-11-17)24-33(14-20(35-24)23(30)34)21-12-18(25(27,28)29)19(26)13-31-21/h2-14,22,24H,1H3,(H2,30,34)/b32-15+. The summed E-state index contributed by atoms with van der Waals surface area (Å²) in [4.78, 5) is 22.6. The third-order valence-corrected chi connectivity index (χ3v) is 6.98. The summed E-state index contributed by atoms with van der Waals surface area (Å²) in [6, 6.07) is 19.8. The zero-order chi connectivity index (χ0) is 25.2. The van der Waals surface area contributed by atoms with Gasteiger partial charge in [-0.3, -0.25) is 9.79 Å². The summed E-state index contributed by atoms with van der Waals surface area (Å²) in [5, 5.41) is -1.15. The molecule has 0 fully saturated rings. The van der Waals surface area contributed by atoms with E-state index in [1.165, 1.54) is 11.1 Å². The third kappa shape index (κ3) is 5.52. The first-order valence-electron chi connectivity index (χ1n) is 10.5. The fourth-order valence-corrected chi connectivity index (χ4v) is 4.92. The van der Waals surface area contributed by atoms with E-state index >= 15 is 0 Å². The second-order valence-corrected chi connectivity index (χ2v) is 9.28. The lowest BCUT2D eigenvalue weighted by atomic mass is 9.99. The zero-order valence-corrected chi connectivity index (χ0v) is 20.0. The number of benzene rings is 2. The number of rotatable bonds is 6. The number of aromatic nitrogens is 1. The summed E-state index contributed by atoms with van der Waals surface area (Å²) in [5.74, 6) is -0.719. The van der Waals surface area contributed by atoms with Gasteiger partial charge in [0.1, 0.15) is 11.2 Å². The number of carbonyl (C=O) groups excluding carboxylic acids is 1. The maximum absolute atomic E-state index is 13.5. The molecule has 180 valence electrons. The van der Waals surface area contributed by atoms with Crippen LogP contribution < -0.4 is 10.6 Å². The van der Waals surface area contributed by atoms with Gasteiger partial charge in [0.2, 0.25) is 0 Å². The van der Waals surface area contributed by atoms with Gasteiger partial charge in [-0.1, -0.05) is 84.0 Å². The Morgan fingerprint density at radius 1 is 1.11 bits per heavy atom. The average Bonchev–Trinajstić information content (AvgIpc) is 3.29. The van der Waals surface area contributed by atoms with Crippen LogP contribution in [-0.2, 0) is 11.0 Å². The lowest BCUT2D eigenvalue weighted by molar-refractivity contribution is -0.137. The molecule has 1 aliphatic rings. The van der Waals surface area contributed by atoms with Gasteiger partial charge in [-0.2, -0.15) is 13.2 Å². The Morgan fingerprint density at radius 3 is 2.20 bits per heavy atom. The molecular weight excluding hydrogens is 497 g/mol. The predicted molar refractivity (Wildman–Crippen MR) is 133 cm³/mol. The fourth-order valence-electron chi connectivity index (χ4n) is 3.66. The highest BCUT2D eigenvalue weighted by Crippen LogP contribution is 2.41. The van der Waals surface area contributed by atoms with E-state index in [0.717, 1.165) is 35.2 Å². The van der Waals surface area contributed by atoms with E-state index in [1.807, 2.05) is 60.7 Å². The third-order valence-electron chi connectivity index (χ3n) is 5.32. The van der Waals surface area contributed by atoms with E-state index < -0.39 is 28.0 Å². The van der Waals surface area contributed by atoms with E-state index in [1.54, 1.807) is 6.92 Å². The Bertz CT molecular complexity index is 1240. The molecule has 3 aromatic rings. The van der Waals surface area contributed by atoms with Crippen LogP contribution in [0.5, 0.6) is 0 Å². The predicted octanol–water partition coefficient (Wildman–Crippen LogP) is 6.21. The Balaban J connectivity index is 1.77. The molecule has 1 aromatic heterocycles. The molecule has 10 heteroatoms. The van der Waals surface area contributed by atoms with Gasteiger partial charge >= 0.3 is 6.18 Å². The van der Waals surface area contributed by atoms with Crippen molar-refractivity contribution in [2.45, 2.75) is 24.5 Å². The Kier molecular flexibility index (Phi) is 7.18. The summed E-state index contributed by atoms with van der Waals surface area (Å²) in [5.41, 5.74) is 6.94. The van der Waals surface area contributed by atoms with Crippen molar-refractivity contribution in [3.8, 4) is 0 Å². The van der Waals surface area contributed by atoms with Crippen LogP contribution >= 0.6 is 23.4 Å². The molecule has 2 heterocycles. The molecule has 0 saturated heterocycles. The molecule has 1 aliphatic heterocycles. The first kappa shape index (κ1) is 24.8. The molecule has 0 saturated carbocycles. The highest BCUT2D eigenvalue weighted by molar-refractivity contribution is 8.05. The second kappa shape index (κ2) is 10.1. The molecule has 2 N–H and O–H groups in total. The molecule has 1 atom stereocenters. The highest BCUT2D eigenvalue weighted by Gasteiger charge is 2.37. The van der Waals surface area contributed by atoms with Crippen LogP contribution in [0.15, 0.2) is 89.0 Å². The number of nitrogens with zero attached hydrogens (tertiary/aromatic N) is 3. The minimum Gasteiger partial charge on any atom is -0.365 e. The molecule has 0 spiro atoms. The molecule has 1 unspecified atom stereocenters. The maximum Gasteiger partial charge on any atom is 0.418 e. The number of hydrogen-bond donors (Lipinski definition) is 1. The van der Waals surface area contributed by atoms with E-state index in [2.05, 4.69) is 4.98 Å². The molecule has 35 heavy (non-hydrogen) atoms. The van der Waals surface area contributed by atoms with Crippen molar-refractivity contribution >= 4 is 40.8 Å². The fraction of sp³-hybridized carbons (Fsp3) is 0.160. The monoisotopic (exact) mass is 516 g/mol.